The summed E-state index contributed by atoms with van der Waals surface area (Å²) in [5, 5.41) is 0. The molecule has 2 heterocycles. The van der Waals surface area contributed by atoms with Gasteiger partial charge >= 0.3 is 12.0 Å². The Kier molecular flexibility index (Phi) is 3.27. The van der Waals surface area contributed by atoms with Crippen molar-refractivity contribution in [2.24, 2.45) is 0 Å². The van der Waals surface area contributed by atoms with Crippen molar-refractivity contribution in [3.63, 3.8) is 0 Å². The highest BCUT2D eigenvalue weighted by Gasteiger charge is 2.58. The second kappa shape index (κ2) is 4.79. The lowest BCUT2D eigenvalue weighted by molar-refractivity contribution is -0.180. The number of carbonyl (C=O) groups excluding carboxylic acids is 2. The second-order valence-electron chi connectivity index (χ2n) is 6.46. The maximum absolute atomic E-state index is 12.8. The summed E-state index contributed by atoms with van der Waals surface area (Å²) in [6.45, 7) is 7.77. The van der Waals surface area contributed by atoms with Crippen molar-refractivity contribution in [2.75, 3.05) is 18.1 Å². The van der Waals surface area contributed by atoms with E-state index >= 15 is 0 Å². The van der Waals surface area contributed by atoms with Crippen LogP contribution < -0.4 is 4.90 Å². The van der Waals surface area contributed by atoms with Gasteiger partial charge in [-0.05, 0) is 39.8 Å². The van der Waals surface area contributed by atoms with E-state index in [2.05, 4.69) is 0 Å². The average molecular weight is 305 g/mol. The standard InChI is InChI=1S/C16H19NO5/c1-10-5-6-12-11(9-10)16(20-7-8-21-16)13(18)17(12)14(19)22-15(2,3)4/h5-6,9H,7-8H2,1-4H3. The minimum Gasteiger partial charge on any atom is -0.443 e. The molecule has 1 aromatic carbocycles. The van der Waals surface area contributed by atoms with Crippen molar-refractivity contribution in [1.82, 2.24) is 0 Å². The quantitative estimate of drug-likeness (QED) is 0.736. The summed E-state index contributed by atoms with van der Waals surface area (Å²) in [5.74, 6) is -2.07. The van der Waals surface area contributed by atoms with Gasteiger partial charge in [-0.25, -0.2) is 9.69 Å². The van der Waals surface area contributed by atoms with Crippen LogP contribution in [0.3, 0.4) is 0 Å². The lowest BCUT2D eigenvalue weighted by atomic mass is 10.0. The van der Waals surface area contributed by atoms with Gasteiger partial charge in [0, 0.05) is 5.56 Å². The third kappa shape index (κ3) is 2.19. The van der Waals surface area contributed by atoms with Gasteiger partial charge in [-0.15, -0.1) is 0 Å². The van der Waals surface area contributed by atoms with Gasteiger partial charge in [-0.3, -0.25) is 4.79 Å². The first-order chi connectivity index (χ1) is 10.2. The van der Waals surface area contributed by atoms with E-state index in [1.807, 2.05) is 19.1 Å². The Labute approximate surface area is 128 Å². The molecule has 0 atom stereocenters. The van der Waals surface area contributed by atoms with Crippen LogP contribution in [-0.4, -0.2) is 30.8 Å². The molecule has 1 aromatic rings. The van der Waals surface area contributed by atoms with Crippen molar-refractivity contribution >= 4 is 17.7 Å². The van der Waals surface area contributed by atoms with Crippen LogP contribution in [0.1, 0.15) is 31.9 Å². The van der Waals surface area contributed by atoms with Crippen molar-refractivity contribution in [2.45, 2.75) is 39.1 Å². The lowest BCUT2D eigenvalue weighted by Crippen LogP contribution is -2.45. The van der Waals surface area contributed by atoms with Crippen LogP contribution in [0.15, 0.2) is 18.2 Å². The van der Waals surface area contributed by atoms with E-state index < -0.39 is 23.4 Å². The summed E-state index contributed by atoms with van der Waals surface area (Å²) in [6, 6.07) is 5.35. The minimum absolute atomic E-state index is 0.307. The van der Waals surface area contributed by atoms with Crippen molar-refractivity contribution in [3.05, 3.63) is 29.3 Å². The SMILES string of the molecule is Cc1ccc2c(c1)C1(OCCO1)C(=O)N2C(=O)OC(C)(C)C. The molecule has 0 aliphatic carbocycles. The van der Waals surface area contributed by atoms with Gasteiger partial charge in [0.25, 0.3) is 5.79 Å². The van der Waals surface area contributed by atoms with Gasteiger partial charge in [0.2, 0.25) is 0 Å². The maximum atomic E-state index is 12.8. The minimum atomic E-state index is -1.52. The van der Waals surface area contributed by atoms with Gasteiger partial charge in [-0.1, -0.05) is 11.6 Å². The topological polar surface area (TPSA) is 65.1 Å². The normalized spacial score (nSPS) is 19.6. The summed E-state index contributed by atoms with van der Waals surface area (Å²) >= 11 is 0. The van der Waals surface area contributed by atoms with Crippen LogP contribution >= 0.6 is 0 Å². The zero-order valence-electron chi connectivity index (χ0n) is 13.1. The van der Waals surface area contributed by atoms with Gasteiger partial charge in [-0.2, -0.15) is 0 Å². The largest absolute Gasteiger partial charge is 0.443 e. The third-order valence-corrected chi connectivity index (χ3v) is 3.50. The number of imide groups is 1. The molecule has 0 saturated carbocycles. The Balaban J connectivity index is 2.07. The molecule has 0 bridgehead atoms. The van der Waals surface area contributed by atoms with E-state index in [0.717, 1.165) is 10.5 Å². The first-order valence-electron chi connectivity index (χ1n) is 7.21. The van der Waals surface area contributed by atoms with Gasteiger partial charge < -0.3 is 14.2 Å². The number of nitrogens with zero attached hydrogens (tertiary/aromatic N) is 1. The second-order valence-corrected chi connectivity index (χ2v) is 6.46. The molecule has 0 N–H and O–H groups in total. The van der Waals surface area contributed by atoms with Crippen LogP contribution in [0.2, 0.25) is 0 Å². The molecule has 6 heteroatoms. The fourth-order valence-corrected chi connectivity index (χ4v) is 2.66. The molecule has 2 amide bonds. The Hall–Kier alpha value is -1.92. The van der Waals surface area contributed by atoms with Crippen molar-refractivity contribution in [1.29, 1.82) is 0 Å². The number of carbonyl (C=O) groups is 2. The molecule has 1 fully saturated rings. The van der Waals surface area contributed by atoms with E-state index in [1.165, 1.54) is 0 Å². The molecule has 6 nitrogen and oxygen atoms in total. The molecule has 22 heavy (non-hydrogen) atoms. The molecule has 1 saturated heterocycles. The van der Waals surface area contributed by atoms with Crippen LogP contribution in [0.5, 0.6) is 0 Å². The summed E-state index contributed by atoms with van der Waals surface area (Å²) in [7, 11) is 0. The number of rotatable bonds is 0. The lowest BCUT2D eigenvalue weighted by Gasteiger charge is -2.25. The highest BCUT2D eigenvalue weighted by molar-refractivity contribution is 6.20. The van der Waals surface area contributed by atoms with E-state index in [0.29, 0.717) is 24.5 Å². The molecule has 2 aliphatic heterocycles. The van der Waals surface area contributed by atoms with E-state index in [9.17, 15) is 9.59 Å². The number of benzene rings is 1. The summed E-state index contributed by atoms with van der Waals surface area (Å²) in [4.78, 5) is 26.2. The summed E-state index contributed by atoms with van der Waals surface area (Å²) in [5.41, 5.74) is 1.26. The smallest absolute Gasteiger partial charge is 0.421 e. The monoisotopic (exact) mass is 305 g/mol. The Morgan fingerprint density at radius 2 is 1.91 bits per heavy atom. The van der Waals surface area contributed by atoms with Crippen molar-refractivity contribution < 1.29 is 23.8 Å². The fourth-order valence-electron chi connectivity index (χ4n) is 2.66. The van der Waals surface area contributed by atoms with E-state index in [-0.39, 0.29) is 0 Å². The predicted octanol–water partition coefficient (Wildman–Crippen LogP) is 2.48. The number of hydrogen-bond donors (Lipinski definition) is 0. The average Bonchev–Trinajstić information content (AvgIpc) is 2.96. The fraction of sp³-hybridized carbons (Fsp3) is 0.500. The highest BCUT2D eigenvalue weighted by atomic mass is 16.7. The molecule has 0 radical (unpaired) electrons. The Morgan fingerprint density at radius 1 is 1.27 bits per heavy atom. The molecular weight excluding hydrogens is 286 g/mol. The van der Waals surface area contributed by atoms with E-state index in [1.54, 1.807) is 26.8 Å². The number of anilines is 1. The predicted molar refractivity (Wildman–Crippen MR) is 78.5 cm³/mol. The van der Waals surface area contributed by atoms with Crippen LogP contribution in [0, 0.1) is 6.92 Å². The van der Waals surface area contributed by atoms with Crippen LogP contribution in [0.25, 0.3) is 0 Å². The molecule has 0 unspecified atom stereocenters. The van der Waals surface area contributed by atoms with Gasteiger partial charge in [0.05, 0.1) is 18.9 Å². The van der Waals surface area contributed by atoms with Crippen LogP contribution in [-0.2, 0) is 24.8 Å². The number of amides is 2. The molecular formula is C16H19NO5. The maximum Gasteiger partial charge on any atom is 0.421 e. The van der Waals surface area contributed by atoms with E-state index in [4.69, 9.17) is 14.2 Å². The molecule has 0 aromatic heterocycles. The molecule has 3 rings (SSSR count). The summed E-state index contributed by atoms with van der Waals surface area (Å²) < 4.78 is 16.5. The number of hydrogen-bond acceptors (Lipinski definition) is 5. The first kappa shape index (κ1) is 15.0. The van der Waals surface area contributed by atoms with Crippen LogP contribution in [0.4, 0.5) is 10.5 Å². The number of ether oxygens (including phenoxy) is 3. The zero-order valence-corrected chi connectivity index (χ0v) is 13.1. The number of aryl methyl sites for hydroxylation is 1. The Bertz CT molecular complexity index is 640. The highest BCUT2D eigenvalue weighted by Crippen LogP contribution is 2.46. The number of fused-ring (bicyclic) bond motifs is 2. The summed E-state index contributed by atoms with van der Waals surface area (Å²) in [6.07, 6.45) is -0.724. The molecule has 118 valence electrons. The third-order valence-electron chi connectivity index (χ3n) is 3.50. The molecule has 2 aliphatic rings. The van der Waals surface area contributed by atoms with Gasteiger partial charge in [0.1, 0.15) is 5.60 Å². The van der Waals surface area contributed by atoms with Crippen molar-refractivity contribution in [3.8, 4) is 0 Å². The zero-order chi connectivity index (χ0) is 16.1. The molecule has 1 spiro atoms. The van der Waals surface area contributed by atoms with Gasteiger partial charge in [0.15, 0.2) is 0 Å². The Morgan fingerprint density at radius 3 is 2.50 bits per heavy atom. The first-order valence-corrected chi connectivity index (χ1v) is 7.21.